The van der Waals surface area contributed by atoms with E-state index >= 15 is 0 Å². The number of nitrogens with zero attached hydrogens (tertiary/aromatic N) is 3. The summed E-state index contributed by atoms with van der Waals surface area (Å²) in [6, 6.07) is 7.53. The molecule has 3 rings (SSSR count). The molecule has 3 amide bonds. The van der Waals surface area contributed by atoms with Crippen molar-refractivity contribution in [1.82, 2.24) is 20.0 Å². The molecule has 8 heteroatoms. The molecule has 0 radical (unpaired) electrons. The average Bonchev–Trinajstić information content (AvgIpc) is 3.59. The highest BCUT2D eigenvalue weighted by atomic mass is 16.5. The molecule has 1 N–H and O–H groups in total. The summed E-state index contributed by atoms with van der Waals surface area (Å²) in [6.07, 6.45) is 2.64. The van der Waals surface area contributed by atoms with Gasteiger partial charge in [-0.15, -0.1) is 0 Å². The number of ether oxygens (including phenoxy) is 1. The van der Waals surface area contributed by atoms with Gasteiger partial charge in [0.05, 0.1) is 13.2 Å². The predicted molar refractivity (Wildman–Crippen MR) is 113 cm³/mol. The van der Waals surface area contributed by atoms with E-state index in [0.717, 1.165) is 24.2 Å². The Morgan fingerprint density at radius 3 is 2.43 bits per heavy atom. The number of carbonyl (C=O) groups excluding carboxylic acids is 3. The van der Waals surface area contributed by atoms with E-state index in [1.165, 1.54) is 0 Å². The van der Waals surface area contributed by atoms with Crippen molar-refractivity contribution in [2.75, 3.05) is 53.9 Å². The molecule has 1 heterocycles. The number of para-hydroxylation sites is 1. The number of nitrogens with one attached hydrogen (secondary N) is 1. The van der Waals surface area contributed by atoms with E-state index in [1.54, 1.807) is 12.0 Å². The number of carbonyl (C=O) groups is 3. The van der Waals surface area contributed by atoms with E-state index in [4.69, 9.17) is 4.74 Å². The smallest absolute Gasteiger partial charge is 0.311 e. The third-order valence-electron chi connectivity index (χ3n) is 5.79. The van der Waals surface area contributed by atoms with Crippen molar-refractivity contribution in [2.24, 2.45) is 5.92 Å². The SMILES string of the molecule is COc1ccccc1[C@H](CNC(=O)C(=O)N1CCCN(C(=O)C2CC2)CC1)N(C)C. The van der Waals surface area contributed by atoms with Crippen molar-refractivity contribution in [3.05, 3.63) is 29.8 Å². The fourth-order valence-electron chi connectivity index (χ4n) is 3.85. The van der Waals surface area contributed by atoms with Gasteiger partial charge >= 0.3 is 11.8 Å². The monoisotopic (exact) mass is 416 g/mol. The van der Waals surface area contributed by atoms with Crippen LogP contribution >= 0.6 is 0 Å². The maximum Gasteiger partial charge on any atom is 0.311 e. The normalized spacial score (nSPS) is 18.0. The topological polar surface area (TPSA) is 82.2 Å². The minimum Gasteiger partial charge on any atom is -0.496 e. The van der Waals surface area contributed by atoms with Crippen molar-refractivity contribution in [3.63, 3.8) is 0 Å². The van der Waals surface area contributed by atoms with E-state index in [0.29, 0.717) is 32.6 Å². The average molecular weight is 417 g/mol. The number of amides is 3. The van der Waals surface area contributed by atoms with Crippen LogP contribution in [0.2, 0.25) is 0 Å². The van der Waals surface area contributed by atoms with Crippen LogP contribution in [0.25, 0.3) is 0 Å². The number of hydrogen-bond acceptors (Lipinski definition) is 5. The second kappa shape index (κ2) is 9.93. The molecule has 2 aliphatic rings. The minimum absolute atomic E-state index is 0.131. The Morgan fingerprint density at radius 1 is 1.10 bits per heavy atom. The molecule has 1 aliphatic heterocycles. The van der Waals surface area contributed by atoms with Crippen LogP contribution in [0.4, 0.5) is 0 Å². The van der Waals surface area contributed by atoms with Crippen LogP contribution < -0.4 is 10.1 Å². The van der Waals surface area contributed by atoms with Gasteiger partial charge in [-0.25, -0.2) is 0 Å². The predicted octanol–water partition coefficient (Wildman–Crippen LogP) is 0.885. The molecule has 0 aromatic heterocycles. The first-order valence-electron chi connectivity index (χ1n) is 10.6. The van der Waals surface area contributed by atoms with Crippen LogP contribution in [-0.2, 0) is 14.4 Å². The van der Waals surface area contributed by atoms with E-state index in [9.17, 15) is 14.4 Å². The van der Waals surface area contributed by atoms with Gasteiger partial charge in [-0.05, 0) is 39.4 Å². The molecule has 1 aromatic rings. The summed E-state index contributed by atoms with van der Waals surface area (Å²) in [5.74, 6) is -0.0374. The molecule has 0 unspecified atom stereocenters. The maximum absolute atomic E-state index is 12.7. The van der Waals surface area contributed by atoms with Gasteiger partial charge in [0.2, 0.25) is 5.91 Å². The Hall–Kier alpha value is -2.61. The largest absolute Gasteiger partial charge is 0.496 e. The molecule has 0 spiro atoms. The van der Waals surface area contributed by atoms with Crippen LogP contribution in [0.3, 0.4) is 0 Å². The summed E-state index contributed by atoms with van der Waals surface area (Å²) in [6.45, 7) is 2.32. The number of benzene rings is 1. The lowest BCUT2D eigenvalue weighted by Crippen LogP contribution is -2.46. The first kappa shape index (κ1) is 22.1. The van der Waals surface area contributed by atoms with Crippen molar-refractivity contribution in [2.45, 2.75) is 25.3 Å². The second-order valence-corrected chi connectivity index (χ2v) is 8.18. The maximum atomic E-state index is 12.7. The van der Waals surface area contributed by atoms with Gasteiger partial charge in [-0.3, -0.25) is 14.4 Å². The Kier molecular flexibility index (Phi) is 7.31. The molecule has 0 bridgehead atoms. The molecule has 30 heavy (non-hydrogen) atoms. The van der Waals surface area contributed by atoms with Gasteiger partial charge in [-0.1, -0.05) is 18.2 Å². The first-order chi connectivity index (χ1) is 14.4. The third kappa shape index (κ3) is 5.30. The fraction of sp³-hybridized carbons (Fsp3) is 0.591. The molecular formula is C22H32N4O4. The fourth-order valence-corrected chi connectivity index (χ4v) is 3.85. The van der Waals surface area contributed by atoms with Gasteiger partial charge in [0.1, 0.15) is 5.75 Å². The molecule has 1 atom stereocenters. The summed E-state index contributed by atoms with van der Waals surface area (Å²) >= 11 is 0. The van der Waals surface area contributed by atoms with E-state index in [-0.39, 0.29) is 24.4 Å². The highest BCUT2D eigenvalue weighted by Gasteiger charge is 2.35. The van der Waals surface area contributed by atoms with Crippen LogP contribution in [0.5, 0.6) is 5.75 Å². The van der Waals surface area contributed by atoms with E-state index in [2.05, 4.69) is 5.32 Å². The molecule has 1 aromatic carbocycles. The number of hydrogen-bond donors (Lipinski definition) is 1. The number of rotatable bonds is 6. The third-order valence-corrected chi connectivity index (χ3v) is 5.79. The summed E-state index contributed by atoms with van der Waals surface area (Å²) in [5.41, 5.74) is 0.946. The zero-order valence-corrected chi connectivity index (χ0v) is 18.1. The summed E-state index contributed by atoms with van der Waals surface area (Å²) in [5, 5.41) is 2.79. The summed E-state index contributed by atoms with van der Waals surface area (Å²) in [4.78, 5) is 42.9. The molecular weight excluding hydrogens is 384 g/mol. The highest BCUT2D eigenvalue weighted by Crippen LogP contribution is 2.31. The minimum atomic E-state index is -0.612. The Balaban J connectivity index is 1.56. The lowest BCUT2D eigenvalue weighted by molar-refractivity contribution is -0.146. The number of methoxy groups -OCH3 is 1. The number of likely N-dealkylation sites (N-methyl/N-ethyl adjacent to an activating group) is 1. The van der Waals surface area contributed by atoms with Crippen molar-refractivity contribution in [3.8, 4) is 5.75 Å². The molecule has 2 fully saturated rings. The zero-order chi connectivity index (χ0) is 21.7. The van der Waals surface area contributed by atoms with Crippen LogP contribution in [0.1, 0.15) is 30.9 Å². The van der Waals surface area contributed by atoms with E-state index in [1.807, 2.05) is 48.2 Å². The van der Waals surface area contributed by atoms with Crippen molar-refractivity contribution < 1.29 is 19.1 Å². The van der Waals surface area contributed by atoms with E-state index < -0.39 is 11.8 Å². The second-order valence-electron chi connectivity index (χ2n) is 8.18. The van der Waals surface area contributed by atoms with Gasteiger partial charge in [-0.2, -0.15) is 0 Å². The van der Waals surface area contributed by atoms with Crippen LogP contribution in [0, 0.1) is 5.92 Å². The van der Waals surface area contributed by atoms with Crippen molar-refractivity contribution in [1.29, 1.82) is 0 Å². The Morgan fingerprint density at radius 2 is 1.77 bits per heavy atom. The standard InChI is InChI=1S/C22H32N4O4/c1-24(2)18(17-7-4-5-8-19(17)30-3)15-23-20(27)22(29)26-12-6-11-25(13-14-26)21(28)16-9-10-16/h4-5,7-8,16,18H,6,9-15H2,1-3H3,(H,23,27)/t18-/m0/s1. The van der Waals surface area contributed by atoms with Crippen LogP contribution in [-0.4, -0.2) is 86.4 Å². The van der Waals surface area contributed by atoms with Gasteiger partial charge in [0, 0.05) is 44.2 Å². The molecule has 1 aliphatic carbocycles. The first-order valence-corrected chi connectivity index (χ1v) is 10.6. The van der Waals surface area contributed by atoms with Gasteiger partial charge in [0.25, 0.3) is 0 Å². The molecule has 1 saturated heterocycles. The Bertz CT molecular complexity index is 778. The summed E-state index contributed by atoms with van der Waals surface area (Å²) < 4.78 is 5.44. The van der Waals surface area contributed by atoms with Crippen molar-refractivity contribution >= 4 is 17.7 Å². The Labute approximate surface area is 178 Å². The van der Waals surface area contributed by atoms with Gasteiger partial charge in [0.15, 0.2) is 0 Å². The van der Waals surface area contributed by atoms with Crippen LogP contribution in [0.15, 0.2) is 24.3 Å². The molecule has 1 saturated carbocycles. The quantitative estimate of drug-likeness (QED) is 0.697. The lowest BCUT2D eigenvalue weighted by atomic mass is 10.0. The lowest BCUT2D eigenvalue weighted by Gasteiger charge is -2.27. The van der Waals surface area contributed by atoms with Gasteiger partial charge < -0.3 is 24.8 Å². The highest BCUT2D eigenvalue weighted by molar-refractivity contribution is 6.35. The molecule has 8 nitrogen and oxygen atoms in total. The molecule has 164 valence electrons. The zero-order valence-electron chi connectivity index (χ0n) is 18.1. The summed E-state index contributed by atoms with van der Waals surface area (Å²) in [7, 11) is 5.46.